The molecule has 0 aromatic carbocycles. The van der Waals surface area contributed by atoms with Gasteiger partial charge in [0.25, 0.3) is 5.89 Å². The van der Waals surface area contributed by atoms with Crippen LogP contribution in [0.25, 0.3) is 11.5 Å². The quantitative estimate of drug-likeness (QED) is 0.883. The van der Waals surface area contributed by atoms with Crippen molar-refractivity contribution in [3.63, 3.8) is 0 Å². The number of nitrogens with zero attached hydrogens (tertiary/aromatic N) is 3. The second-order valence-corrected chi connectivity index (χ2v) is 5.46. The van der Waals surface area contributed by atoms with Crippen molar-refractivity contribution < 1.29 is 9.26 Å². The Labute approximate surface area is 148 Å². The third-order valence-corrected chi connectivity index (χ3v) is 4.08. The maximum absolute atomic E-state index is 5.45. The van der Waals surface area contributed by atoms with E-state index in [0.29, 0.717) is 12.5 Å². The molecule has 3 heterocycles. The summed E-state index contributed by atoms with van der Waals surface area (Å²) in [6, 6.07) is 3.75. The molecule has 2 aromatic rings. The zero-order chi connectivity index (χ0) is 14.5. The van der Waals surface area contributed by atoms with Crippen molar-refractivity contribution in [1.82, 2.24) is 20.4 Å². The van der Waals surface area contributed by atoms with Crippen molar-refractivity contribution in [1.29, 1.82) is 0 Å². The van der Waals surface area contributed by atoms with E-state index in [0.717, 1.165) is 43.7 Å². The van der Waals surface area contributed by atoms with E-state index in [1.165, 1.54) is 0 Å². The van der Waals surface area contributed by atoms with Crippen LogP contribution in [0.3, 0.4) is 0 Å². The molecule has 0 spiro atoms. The second kappa shape index (κ2) is 9.17. The van der Waals surface area contributed by atoms with Crippen LogP contribution in [0, 0.1) is 0 Å². The van der Waals surface area contributed by atoms with Crippen LogP contribution in [0.15, 0.2) is 29.0 Å². The minimum absolute atomic E-state index is 0. The van der Waals surface area contributed by atoms with Crippen molar-refractivity contribution in [3.05, 3.63) is 30.4 Å². The molecule has 0 radical (unpaired) electrons. The van der Waals surface area contributed by atoms with E-state index in [1.807, 2.05) is 12.1 Å². The Morgan fingerprint density at radius 1 is 1.30 bits per heavy atom. The number of aromatic nitrogens is 3. The number of methoxy groups -OCH3 is 1. The van der Waals surface area contributed by atoms with Gasteiger partial charge in [-0.2, -0.15) is 4.98 Å². The minimum Gasteiger partial charge on any atom is -0.385 e. The number of piperidine rings is 1. The van der Waals surface area contributed by atoms with Gasteiger partial charge in [0.1, 0.15) is 0 Å². The Kier molecular flexibility index (Phi) is 7.91. The van der Waals surface area contributed by atoms with Crippen molar-refractivity contribution in [3.8, 4) is 11.5 Å². The van der Waals surface area contributed by atoms with E-state index < -0.39 is 0 Å². The standard InChI is InChI=1S/C15H20N4O2.2ClH/c1-20-10-6-15(5-2-7-17-11-15)14-18-13(21-19-14)12-3-8-16-9-4-12;;/h3-4,8-9,17H,2,5-7,10-11H2,1H3;2*1H. The van der Waals surface area contributed by atoms with Crippen molar-refractivity contribution >= 4 is 24.8 Å². The van der Waals surface area contributed by atoms with E-state index in [-0.39, 0.29) is 30.2 Å². The first-order valence-corrected chi connectivity index (χ1v) is 7.28. The maximum atomic E-state index is 5.45. The van der Waals surface area contributed by atoms with E-state index in [9.17, 15) is 0 Å². The molecule has 0 aliphatic carbocycles. The smallest absolute Gasteiger partial charge is 0.258 e. The first-order valence-electron chi connectivity index (χ1n) is 7.28. The predicted molar refractivity (Wildman–Crippen MR) is 92.3 cm³/mol. The normalized spacial score (nSPS) is 20.4. The molecule has 1 atom stereocenters. The number of ether oxygens (including phenoxy) is 1. The van der Waals surface area contributed by atoms with Gasteiger partial charge in [-0.1, -0.05) is 5.16 Å². The molecule has 1 fully saturated rings. The molecule has 1 aliphatic rings. The number of hydrogen-bond donors (Lipinski definition) is 1. The largest absolute Gasteiger partial charge is 0.385 e. The Morgan fingerprint density at radius 3 is 2.74 bits per heavy atom. The summed E-state index contributed by atoms with van der Waals surface area (Å²) < 4.78 is 10.7. The van der Waals surface area contributed by atoms with Crippen LogP contribution in [0.1, 0.15) is 25.1 Å². The number of pyridine rings is 1. The molecule has 3 rings (SSSR count). The molecule has 6 nitrogen and oxygen atoms in total. The summed E-state index contributed by atoms with van der Waals surface area (Å²) >= 11 is 0. The van der Waals surface area contributed by atoms with Crippen LogP contribution in [-0.2, 0) is 10.2 Å². The third kappa shape index (κ3) is 4.41. The van der Waals surface area contributed by atoms with Crippen LogP contribution in [0.5, 0.6) is 0 Å². The van der Waals surface area contributed by atoms with Crippen molar-refractivity contribution in [2.45, 2.75) is 24.7 Å². The molecule has 0 saturated carbocycles. The molecular weight excluding hydrogens is 339 g/mol. The van der Waals surface area contributed by atoms with Crippen molar-refractivity contribution in [2.24, 2.45) is 0 Å². The lowest BCUT2D eigenvalue weighted by Crippen LogP contribution is -2.44. The number of rotatable bonds is 5. The SMILES string of the molecule is COCCC1(c2noc(-c3ccncc3)n2)CCCNC1.Cl.Cl. The Morgan fingerprint density at radius 2 is 2.09 bits per heavy atom. The van der Waals surface area contributed by atoms with E-state index >= 15 is 0 Å². The molecule has 2 aromatic heterocycles. The molecule has 128 valence electrons. The van der Waals surface area contributed by atoms with Crippen LogP contribution >= 0.6 is 24.8 Å². The topological polar surface area (TPSA) is 73.1 Å². The number of halogens is 2. The summed E-state index contributed by atoms with van der Waals surface area (Å²) in [6.45, 7) is 2.61. The molecule has 23 heavy (non-hydrogen) atoms. The predicted octanol–water partition coefficient (Wildman–Crippen LogP) is 2.63. The summed E-state index contributed by atoms with van der Waals surface area (Å²) in [5.41, 5.74) is 0.803. The zero-order valence-electron chi connectivity index (χ0n) is 13.0. The van der Waals surface area contributed by atoms with Gasteiger partial charge in [-0.15, -0.1) is 24.8 Å². The monoisotopic (exact) mass is 360 g/mol. The minimum atomic E-state index is -0.0942. The molecule has 1 saturated heterocycles. The Bertz CT molecular complexity index is 574. The fourth-order valence-corrected chi connectivity index (χ4v) is 2.83. The van der Waals surface area contributed by atoms with Gasteiger partial charge in [-0.05, 0) is 37.9 Å². The lowest BCUT2D eigenvalue weighted by Gasteiger charge is -2.34. The molecule has 8 heteroatoms. The van der Waals surface area contributed by atoms with Gasteiger partial charge >= 0.3 is 0 Å². The first kappa shape index (κ1) is 19.8. The van der Waals surface area contributed by atoms with Crippen LogP contribution in [0.4, 0.5) is 0 Å². The van der Waals surface area contributed by atoms with Gasteiger partial charge < -0.3 is 14.6 Å². The highest BCUT2D eigenvalue weighted by Crippen LogP contribution is 2.34. The fraction of sp³-hybridized carbons (Fsp3) is 0.533. The van der Waals surface area contributed by atoms with E-state index in [1.54, 1.807) is 19.5 Å². The summed E-state index contributed by atoms with van der Waals surface area (Å²) in [4.78, 5) is 8.63. The Balaban J connectivity index is 0.00000132. The number of hydrogen-bond acceptors (Lipinski definition) is 6. The van der Waals surface area contributed by atoms with Gasteiger partial charge in [0, 0.05) is 43.6 Å². The lowest BCUT2D eigenvalue weighted by atomic mass is 9.77. The van der Waals surface area contributed by atoms with Crippen LogP contribution in [0.2, 0.25) is 0 Å². The average Bonchev–Trinajstić information content (AvgIpc) is 3.05. The molecule has 1 N–H and O–H groups in total. The van der Waals surface area contributed by atoms with Gasteiger partial charge in [0.05, 0.1) is 0 Å². The fourth-order valence-electron chi connectivity index (χ4n) is 2.83. The van der Waals surface area contributed by atoms with Crippen molar-refractivity contribution in [2.75, 3.05) is 26.8 Å². The van der Waals surface area contributed by atoms with E-state index in [2.05, 4.69) is 20.4 Å². The van der Waals surface area contributed by atoms with Crippen LogP contribution in [-0.4, -0.2) is 41.9 Å². The number of nitrogens with one attached hydrogen (secondary N) is 1. The molecule has 0 bridgehead atoms. The zero-order valence-corrected chi connectivity index (χ0v) is 14.7. The molecule has 1 unspecified atom stereocenters. The maximum Gasteiger partial charge on any atom is 0.258 e. The molecular formula is C15H22Cl2N4O2. The first-order chi connectivity index (χ1) is 10.3. The summed E-state index contributed by atoms with van der Waals surface area (Å²) in [5, 5.41) is 7.68. The van der Waals surface area contributed by atoms with Crippen LogP contribution < -0.4 is 5.32 Å². The lowest BCUT2D eigenvalue weighted by molar-refractivity contribution is 0.148. The van der Waals surface area contributed by atoms with Gasteiger partial charge in [-0.3, -0.25) is 4.98 Å². The summed E-state index contributed by atoms with van der Waals surface area (Å²) in [5.74, 6) is 1.33. The molecule has 1 aliphatic heterocycles. The third-order valence-electron chi connectivity index (χ3n) is 4.08. The Hall–Kier alpha value is -1.21. The second-order valence-electron chi connectivity index (χ2n) is 5.46. The van der Waals surface area contributed by atoms with Gasteiger partial charge in [0.2, 0.25) is 0 Å². The van der Waals surface area contributed by atoms with Gasteiger partial charge in [-0.25, -0.2) is 0 Å². The highest BCUT2D eigenvalue weighted by atomic mass is 35.5. The molecule has 0 amide bonds. The highest BCUT2D eigenvalue weighted by Gasteiger charge is 2.38. The average molecular weight is 361 g/mol. The van der Waals surface area contributed by atoms with Gasteiger partial charge in [0.15, 0.2) is 5.82 Å². The summed E-state index contributed by atoms with van der Waals surface area (Å²) in [6.07, 6.45) is 6.51. The van der Waals surface area contributed by atoms with E-state index in [4.69, 9.17) is 9.26 Å². The highest BCUT2D eigenvalue weighted by molar-refractivity contribution is 5.85. The summed E-state index contributed by atoms with van der Waals surface area (Å²) in [7, 11) is 1.72.